The first-order valence-corrected chi connectivity index (χ1v) is 6.60. The van der Waals surface area contributed by atoms with Crippen LogP contribution in [0.15, 0.2) is 12.4 Å². The second-order valence-corrected chi connectivity index (χ2v) is 5.62. The number of hydrogen-bond acceptors (Lipinski definition) is 3. The molecule has 2 unspecified atom stereocenters. The Balaban J connectivity index is 1.62. The Morgan fingerprint density at radius 3 is 3.06 bits per heavy atom. The van der Waals surface area contributed by atoms with Crippen LogP contribution in [0.4, 0.5) is 0 Å². The van der Waals surface area contributed by atoms with Crippen molar-refractivity contribution in [2.75, 3.05) is 0 Å². The van der Waals surface area contributed by atoms with Gasteiger partial charge in [-0.15, -0.1) is 0 Å². The fraction of sp³-hybridized carbons (Fsp3) is 0.692. The number of rotatable bonds is 3. The predicted octanol–water partition coefficient (Wildman–Crippen LogP) is 0.475. The predicted molar refractivity (Wildman–Crippen MR) is 65.8 cm³/mol. The van der Waals surface area contributed by atoms with E-state index in [1.807, 2.05) is 6.20 Å². The van der Waals surface area contributed by atoms with Gasteiger partial charge in [-0.05, 0) is 32.1 Å². The van der Waals surface area contributed by atoms with Crippen molar-refractivity contribution < 1.29 is 9.90 Å². The Labute approximate surface area is 106 Å². The van der Waals surface area contributed by atoms with Gasteiger partial charge in [-0.1, -0.05) is 0 Å². The number of aliphatic hydroxyl groups is 1. The fourth-order valence-corrected chi connectivity index (χ4v) is 2.64. The molecule has 1 aromatic rings. The summed E-state index contributed by atoms with van der Waals surface area (Å²) >= 11 is 0. The van der Waals surface area contributed by atoms with Crippen molar-refractivity contribution in [2.45, 2.75) is 50.8 Å². The molecule has 5 heteroatoms. The smallest absolute Gasteiger partial charge is 0.252 e. The van der Waals surface area contributed by atoms with Crippen LogP contribution in [-0.2, 0) is 17.8 Å². The highest BCUT2D eigenvalue weighted by Gasteiger charge is 2.46. The molecule has 2 atom stereocenters. The second kappa shape index (κ2) is 4.09. The SMILES string of the molecule is CC(O)(C(=O)NC1CCn2ccnc2C1)C1CC1. The number of hydrogen-bond donors (Lipinski definition) is 2. The van der Waals surface area contributed by atoms with Crippen LogP contribution in [0.5, 0.6) is 0 Å². The number of amides is 1. The molecular formula is C13H19N3O2. The molecule has 1 aliphatic heterocycles. The van der Waals surface area contributed by atoms with Crippen molar-refractivity contribution in [3.05, 3.63) is 18.2 Å². The Morgan fingerprint density at radius 1 is 1.56 bits per heavy atom. The summed E-state index contributed by atoms with van der Waals surface area (Å²) in [6.07, 6.45) is 7.31. The zero-order valence-corrected chi connectivity index (χ0v) is 10.6. The van der Waals surface area contributed by atoms with E-state index in [-0.39, 0.29) is 17.9 Å². The molecule has 3 rings (SSSR count). The zero-order valence-electron chi connectivity index (χ0n) is 10.6. The molecule has 2 aliphatic rings. The van der Waals surface area contributed by atoms with Gasteiger partial charge in [0.2, 0.25) is 0 Å². The van der Waals surface area contributed by atoms with Gasteiger partial charge in [0.15, 0.2) is 0 Å². The zero-order chi connectivity index (χ0) is 12.8. The molecule has 98 valence electrons. The fourth-order valence-electron chi connectivity index (χ4n) is 2.64. The molecule has 0 saturated heterocycles. The average molecular weight is 249 g/mol. The number of imidazole rings is 1. The van der Waals surface area contributed by atoms with Gasteiger partial charge in [-0.3, -0.25) is 4.79 Å². The molecule has 2 heterocycles. The van der Waals surface area contributed by atoms with Crippen molar-refractivity contribution in [3.63, 3.8) is 0 Å². The molecule has 1 amide bonds. The summed E-state index contributed by atoms with van der Waals surface area (Å²) in [6, 6.07) is 0.0950. The van der Waals surface area contributed by atoms with Gasteiger partial charge in [-0.2, -0.15) is 0 Å². The van der Waals surface area contributed by atoms with Crippen LogP contribution in [0.3, 0.4) is 0 Å². The van der Waals surface area contributed by atoms with Gasteiger partial charge in [0, 0.05) is 31.4 Å². The van der Waals surface area contributed by atoms with Gasteiger partial charge in [0.1, 0.15) is 11.4 Å². The molecule has 0 aromatic carbocycles. The summed E-state index contributed by atoms with van der Waals surface area (Å²) < 4.78 is 2.11. The molecular weight excluding hydrogens is 230 g/mol. The number of aryl methyl sites for hydroxylation is 1. The Bertz CT molecular complexity index is 463. The minimum atomic E-state index is -1.20. The van der Waals surface area contributed by atoms with Gasteiger partial charge in [0.25, 0.3) is 5.91 Å². The summed E-state index contributed by atoms with van der Waals surface area (Å²) in [7, 11) is 0. The van der Waals surface area contributed by atoms with Crippen LogP contribution in [0, 0.1) is 5.92 Å². The highest BCUT2D eigenvalue weighted by molar-refractivity contribution is 5.85. The third-order valence-corrected chi connectivity index (χ3v) is 4.12. The highest BCUT2D eigenvalue weighted by Crippen LogP contribution is 2.39. The number of carbonyl (C=O) groups is 1. The van der Waals surface area contributed by atoms with Crippen molar-refractivity contribution in [1.29, 1.82) is 0 Å². The maximum absolute atomic E-state index is 12.1. The third kappa shape index (κ3) is 2.03. The van der Waals surface area contributed by atoms with Crippen LogP contribution in [0.25, 0.3) is 0 Å². The molecule has 18 heavy (non-hydrogen) atoms. The topological polar surface area (TPSA) is 67.2 Å². The maximum Gasteiger partial charge on any atom is 0.252 e. The molecule has 2 N–H and O–H groups in total. The van der Waals surface area contributed by atoms with Gasteiger partial charge >= 0.3 is 0 Å². The largest absolute Gasteiger partial charge is 0.380 e. The lowest BCUT2D eigenvalue weighted by molar-refractivity contribution is -0.141. The van der Waals surface area contributed by atoms with E-state index in [1.54, 1.807) is 13.1 Å². The number of nitrogens with zero attached hydrogens (tertiary/aromatic N) is 2. The van der Waals surface area contributed by atoms with E-state index in [2.05, 4.69) is 14.9 Å². The number of nitrogens with one attached hydrogen (secondary N) is 1. The lowest BCUT2D eigenvalue weighted by Gasteiger charge is -2.29. The van der Waals surface area contributed by atoms with E-state index >= 15 is 0 Å². The van der Waals surface area contributed by atoms with Crippen LogP contribution in [0.2, 0.25) is 0 Å². The summed E-state index contributed by atoms with van der Waals surface area (Å²) in [5.41, 5.74) is -1.20. The molecule has 1 saturated carbocycles. The van der Waals surface area contributed by atoms with E-state index in [0.717, 1.165) is 38.1 Å². The van der Waals surface area contributed by atoms with Crippen LogP contribution in [0.1, 0.15) is 32.0 Å². The first kappa shape index (κ1) is 11.7. The minimum absolute atomic E-state index is 0.0950. The summed E-state index contributed by atoms with van der Waals surface area (Å²) in [5.74, 6) is 0.927. The molecule has 1 aromatic heterocycles. The van der Waals surface area contributed by atoms with Crippen molar-refractivity contribution in [2.24, 2.45) is 5.92 Å². The molecule has 1 fully saturated rings. The second-order valence-electron chi connectivity index (χ2n) is 5.62. The first-order chi connectivity index (χ1) is 8.57. The normalized spacial score (nSPS) is 26.2. The van der Waals surface area contributed by atoms with Crippen LogP contribution in [-0.4, -0.2) is 32.2 Å². The quantitative estimate of drug-likeness (QED) is 0.818. The van der Waals surface area contributed by atoms with E-state index < -0.39 is 5.60 Å². The lowest BCUT2D eigenvalue weighted by atomic mass is 9.97. The van der Waals surface area contributed by atoms with E-state index in [9.17, 15) is 9.90 Å². The summed E-state index contributed by atoms with van der Waals surface area (Å²) in [5, 5.41) is 13.1. The van der Waals surface area contributed by atoms with E-state index in [0.29, 0.717) is 0 Å². The molecule has 0 bridgehead atoms. The number of fused-ring (bicyclic) bond motifs is 1. The maximum atomic E-state index is 12.1. The molecule has 0 spiro atoms. The van der Waals surface area contributed by atoms with Gasteiger partial charge < -0.3 is 15.0 Å². The van der Waals surface area contributed by atoms with Gasteiger partial charge in [0.05, 0.1) is 0 Å². The number of carbonyl (C=O) groups excluding carboxylic acids is 1. The van der Waals surface area contributed by atoms with Gasteiger partial charge in [-0.25, -0.2) is 4.98 Å². The van der Waals surface area contributed by atoms with Crippen molar-refractivity contribution >= 4 is 5.91 Å². The average Bonchev–Trinajstić information content (AvgIpc) is 3.09. The van der Waals surface area contributed by atoms with Crippen molar-refractivity contribution in [1.82, 2.24) is 14.9 Å². The monoisotopic (exact) mass is 249 g/mol. The first-order valence-electron chi connectivity index (χ1n) is 6.60. The highest BCUT2D eigenvalue weighted by atomic mass is 16.3. The molecule has 1 aliphatic carbocycles. The molecule has 5 nitrogen and oxygen atoms in total. The Morgan fingerprint density at radius 2 is 2.33 bits per heavy atom. The Hall–Kier alpha value is -1.36. The van der Waals surface area contributed by atoms with E-state index in [1.165, 1.54) is 0 Å². The van der Waals surface area contributed by atoms with Crippen LogP contribution >= 0.6 is 0 Å². The van der Waals surface area contributed by atoms with Crippen molar-refractivity contribution in [3.8, 4) is 0 Å². The standard InChI is InChI=1S/C13H19N3O2/c1-13(18,9-2-3-9)12(17)15-10-4-6-16-7-5-14-11(16)8-10/h5,7,9-10,18H,2-4,6,8H2,1H3,(H,15,17). The summed E-state index contributed by atoms with van der Waals surface area (Å²) in [4.78, 5) is 16.3. The number of aromatic nitrogens is 2. The van der Waals surface area contributed by atoms with Crippen LogP contribution < -0.4 is 5.32 Å². The third-order valence-electron chi connectivity index (χ3n) is 4.12. The summed E-state index contributed by atoms with van der Waals surface area (Å²) in [6.45, 7) is 2.51. The minimum Gasteiger partial charge on any atom is -0.380 e. The van der Waals surface area contributed by atoms with E-state index in [4.69, 9.17) is 0 Å². The molecule has 0 radical (unpaired) electrons. The Kier molecular flexibility index (Phi) is 2.66. The lowest BCUT2D eigenvalue weighted by Crippen LogP contribution is -2.51.